The van der Waals surface area contributed by atoms with Gasteiger partial charge < -0.3 is 10.2 Å². The second-order valence-electron chi connectivity index (χ2n) is 7.66. The van der Waals surface area contributed by atoms with Gasteiger partial charge in [0.2, 0.25) is 0 Å². The molecular formula is C16H29N3S. The van der Waals surface area contributed by atoms with E-state index in [-0.39, 0.29) is 5.54 Å². The second-order valence-corrected chi connectivity index (χ2v) is 8.72. The number of thiazole rings is 1. The van der Waals surface area contributed by atoms with Crippen molar-refractivity contribution in [1.82, 2.24) is 10.3 Å². The summed E-state index contributed by atoms with van der Waals surface area (Å²) in [5.41, 5.74) is 1.86. The summed E-state index contributed by atoms with van der Waals surface area (Å²) in [6.07, 6.45) is 2.29. The van der Waals surface area contributed by atoms with Gasteiger partial charge in [-0.15, -0.1) is 11.3 Å². The lowest BCUT2D eigenvalue weighted by molar-refractivity contribution is 0.418. The zero-order valence-corrected chi connectivity index (χ0v) is 14.7. The molecule has 1 aliphatic rings. The Balaban J connectivity index is 2.11. The number of aromatic nitrogens is 1. The summed E-state index contributed by atoms with van der Waals surface area (Å²) >= 11 is 1.88. The van der Waals surface area contributed by atoms with E-state index in [1.54, 1.807) is 0 Å². The summed E-state index contributed by atoms with van der Waals surface area (Å²) in [4.78, 5) is 8.75. The summed E-state index contributed by atoms with van der Waals surface area (Å²) in [6.45, 7) is 16.8. The third-order valence-corrected chi connectivity index (χ3v) is 4.99. The molecule has 1 fully saturated rings. The van der Waals surface area contributed by atoms with Crippen molar-refractivity contribution in [3.63, 3.8) is 0 Å². The second kappa shape index (κ2) is 5.64. The van der Waals surface area contributed by atoms with Gasteiger partial charge in [-0.05, 0) is 39.0 Å². The first-order chi connectivity index (χ1) is 9.20. The minimum Gasteiger partial charge on any atom is -0.348 e. The van der Waals surface area contributed by atoms with Gasteiger partial charge in [0.15, 0.2) is 5.13 Å². The van der Waals surface area contributed by atoms with Gasteiger partial charge >= 0.3 is 0 Å². The van der Waals surface area contributed by atoms with Crippen LogP contribution >= 0.6 is 11.3 Å². The van der Waals surface area contributed by atoms with Gasteiger partial charge in [0.05, 0.1) is 5.69 Å². The third-order valence-electron chi connectivity index (χ3n) is 3.83. The lowest BCUT2D eigenvalue weighted by atomic mass is 9.93. The van der Waals surface area contributed by atoms with E-state index in [1.165, 1.54) is 22.1 Å². The number of hydrogen-bond acceptors (Lipinski definition) is 4. The van der Waals surface area contributed by atoms with Gasteiger partial charge in [0.25, 0.3) is 0 Å². The molecule has 2 heterocycles. The lowest BCUT2D eigenvalue weighted by Gasteiger charge is -2.20. The molecule has 0 aromatic carbocycles. The van der Waals surface area contributed by atoms with Crippen molar-refractivity contribution >= 4 is 16.5 Å². The number of anilines is 1. The minimum absolute atomic E-state index is 0.158. The molecule has 0 saturated carbocycles. The van der Waals surface area contributed by atoms with Crippen molar-refractivity contribution in [2.24, 2.45) is 5.41 Å². The number of hydrogen-bond donors (Lipinski definition) is 1. The number of rotatable bonds is 4. The van der Waals surface area contributed by atoms with Crippen LogP contribution < -0.4 is 10.2 Å². The number of nitrogens with one attached hydrogen (secondary N) is 1. The third kappa shape index (κ3) is 3.95. The largest absolute Gasteiger partial charge is 0.348 e. The predicted molar refractivity (Wildman–Crippen MR) is 88.7 cm³/mol. The van der Waals surface area contributed by atoms with Crippen LogP contribution in [0.15, 0.2) is 0 Å². The van der Waals surface area contributed by atoms with Crippen molar-refractivity contribution < 1.29 is 0 Å². The summed E-state index contributed by atoms with van der Waals surface area (Å²) < 4.78 is 0. The van der Waals surface area contributed by atoms with Gasteiger partial charge in [-0.25, -0.2) is 4.98 Å². The maximum absolute atomic E-state index is 4.88. The summed E-state index contributed by atoms with van der Waals surface area (Å²) in [5, 5.41) is 4.81. The van der Waals surface area contributed by atoms with Crippen LogP contribution in [0.25, 0.3) is 0 Å². The van der Waals surface area contributed by atoms with Gasteiger partial charge in [-0.1, -0.05) is 20.8 Å². The van der Waals surface area contributed by atoms with E-state index in [1.807, 2.05) is 11.3 Å². The molecule has 0 atom stereocenters. The Bertz CT molecular complexity index is 457. The Hall–Kier alpha value is -0.610. The smallest absolute Gasteiger partial charge is 0.185 e. The van der Waals surface area contributed by atoms with E-state index in [4.69, 9.17) is 4.98 Å². The predicted octanol–water partition coefficient (Wildman–Crippen LogP) is 3.83. The fourth-order valence-corrected chi connectivity index (χ4v) is 3.65. The van der Waals surface area contributed by atoms with E-state index in [2.05, 4.69) is 51.8 Å². The fourth-order valence-electron chi connectivity index (χ4n) is 2.54. The average molecular weight is 295 g/mol. The quantitative estimate of drug-likeness (QED) is 0.915. The van der Waals surface area contributed by atoms with Crippen LogP contribution in [0.2, 0.25) is 0 Å². The first kappa shape index (κ1) is 15.8. The Morgan fingerprint density at radius 1 is 1.35 bits per heavy atom. The van der Waals surface area contributed by atoms with Crippen LogP contribution in [0.4, 0.5) is 5.13 Å². The lowest BCUT2D eigenvalue weighted by Crippen LogP contribution is -2.35. The maximum atomic E-state index is 4.88. The monoisotopic (exact) mass is 295 g/mol. The molecule has 3 nitrogen and oxygen atoms in total. The van der Waals surface area contributed by atoms with Crippen molar-refractivity contribution in [1.29, 1.82) is 0 Å². The maximum Gasteiger partial charge on any atom is 0.185 e. The molecule has 0 spiro atoms. The molecule has 0 unspecified atom stereocenters. The Morgan fingerprint density at radius 3 is 2.55 bits per heavy atom. The molecule has 0 amide bonds. The highest BCUT2D eigenvalue weighted by Crippen LogP contribution is 2.35. The Kier molecular flexibility index (Phi) is 4.45. The van der Waals surface area contributed by atoms with Crippen LogP contribution in [0.1, 0.15) is 58.5 Å². The molecule has 1 aromatic heterocycles. The molecule has 114 valence electrons. The van der Waals surface area contributed by atoms with Crippen LogP contribution in [-0.2, 0) is 13.0 Å². The summed E-state index contributed by atoms with van der Waals surface area (Å²) in [5.74, 6) is 0. The van der Waals surface area contributed by atoms with Gasteiger partial charge in [-0.3, -0.25) is 0 Å². The molecule has 4 heteroatoms. The molecule has 1 aliphatic heterocycles. The minimum atomic E-state index is 0.158. The summed E-state index contributed by atoms with van der Waals surface area (Å²) in [6, 6.07) is 0. The van der Waals surface area contributed by atoms with Crippen LogP contribution in [0, 0.1) is 5.41 Å². The first-order valence-corrected chi connectivity index (χ1v) is 8.50. The van der Waals surface area contributed by atoms with E-state index < -0.39 is 0 Å². The van der Waals surface area contributed by atoms with E-state index >= 15 is 0 Å². The Morgan fingerprint density at radius 2 is 2.05 bits per heavy atom. The van der Waals surface area contributed by atoms with Crippen molar-refractivity contribution in [2.45, 2.75) is 66.5 Å². The molecule has 1 saturated heterocycles. The number of nitrogens with zero attached hydrogens (tertiary/aromatic N) is 2. The van der Waals surface area contributed by atoms with Gasteiger partial charge in [0.1, 0.15) is 0 Å². The molecule has 0 radical (unpaired) electrons. The molecule has 20 heavy (non-hydrogen) atoms. The Labute approximate surface area is 127 Å². The van der Waals surface area contributed by atoms with Crippen LogP contribution in [0.3, 0.4) is 0 Å². The fraction of sp³-hybridized carbons (Fsp3) is 0.812. The molecule has 2 rings (SSSR count). The van der Waals surface area contributed by atoms with Crippen molar-refractivity contribution in [3.05, 3.63) is 10.6 Å². The average Bonchev–Trinajstić information content (AvgIpc) is 2.88. The van der Waals surface area contributed by atoms with Gasteiger partial charge in [0, 0.05) is 30.1 Å². The first-order valence-electron chi connectivity index (χ1n) is 7.69. The molecular weight excluding hydrogens is 266 g/mol. The zero-order chi connectivity index (χ0) is 15.0. The van der Waals surface area contributed by atoms with Crippen LogP contribution in [-0.4, -0.2) is 23.6 Å². The van der Waals surface area contributed by atoms with Crippen LogP contribution in [0.5, 0.6) is 0 Å². The SMILES string of the molecule is CCc1nc(N2CCC(C)(C)C2)sc1CNC(C)(C)C. The van der Waals surface area contributed by atoms with E-state index in [9.17, 15) is 0 Å². The molecule has 1 N–H and O–H groups in total. The molecule has 1 aromatic rings. The topological polar surface area (TPSA) is 28.2 Å². The van der Waals surface area contributed by atoms with E-state index in [0.29, 0.717) is 5.41 Å². The highest BCUT2D eigenvalue weighted by atomic mass is 32.1. The molecule has 0 bridgehead atoms. The summed E-state index contributed by atoms with van der Waals surface area (Å²) in [7, 11) is 0. The van der Waals surface area contributed by atoms with Crippen molar-refractivity contribution in [3.8, 4) is 0 Å². The van der Waals surface area contributed by atoms with Crippen molar-refractivity contribution in [2.75, 3.05) is 18.0 Å². The van der Waals surface area contributed by atoms with E-state index in [0.717, 1.165) is 26.1 Å². The standard InChI is InChI=1S/C16H29N3S/c1-7-12-13(10-17-15(2,3)4)20-14(18-12)19-9-8-16(5,6)11-19/h17H,7-11H2,1-6H3. The zero-order valence-electron chi connectivity index (χ0n) is 13.8. The highest BCUT2D eigenvalue weighted by Gasteiger charge is 2.31. The molecule has 0 aliphatic carbocycles. The highest BCUT2D eigenvalue weighted by molar-refractivity contribution is 7.15. The van der Waals surface area contributed by atoms with Gasteiger partial charge in [-0.2, -0.15) is 0 Å². The number of aryl methyl sites for hydroxylation is 1. The normalized spacial score (nSPS) is 18.8.